The molecule has 0 bridgehead atoms. The van der Waals surface area contributed by atoms with Gasteiger partial charge < -0.3 is 14.8 Å². The van der Waals surface area contributed by atoms with E-state index in [-0.39, 0.29) is 5.91 Å². The second kappa shape index (κ2) is 8.19. The van der Waals surface area contributed by atoms with Crippen LogP contribution in [0.15, 0.2) is 36.4 Å². The predicted octanol–water partition coefficient (Wildman–Crippen LogP) is 4.65. The molecule has 2 aromatic carbocycles. The minimum atomic E-state index is -0.172. The maximum Gasteiger partial charge on any atom is 0.255 e. The molecule has 0 fully saturated rings. The van der Waals surface area contributed by atoms with Crippen LogP contribution in [0.5, 0.6) is 11.5 Å². The highest BCUT2D eigenvalue weighted by Gasteiger charge is 2.15. The lowest BCUT2D eigenvalue weighted by atomic mass is 10.1. The van der Waals surface area contributed by atoms with Crippen molar-refractivity contribution in [3.8, 4) is 11.5 Å². The van der Waals surface area contributed by atoms with Gasteiger partial charge >= 0.3 is 0 Å². The molecule has 0 atom stereocenters. The smallest absolute Gasteiger partial charge is 0.255 e. The molecule has 4 nitrogen and oxygen atoms in total. The Kier molecular flexibility index (Phi) is 6.27. The summed E-state index contributed by atoms with van der Waals surface area (Å²) in [5, 5.41) is 2.90. The highest BCUT2D eigenvalue weighted by atomic mass is 127. The zero-order valence-corrected chi connectivity index (χ0v) is 15.6. The van der Waals surface area contributed by atoms with Crippen molar-refractivity contribution in [2.24, 2.45) is 0 Å². The number of carbonyl (C=O) groups is 1. The van der Waals surface area contributed by atoms with E-state index in [4.69, 9.17) is 9.47 Å². The molecule has 0 saturated heterocycles. The van der Waals surface area contributed by atoms with E-state index in [1.54, 1.807) is 19.2 Å². The number of hydrogen-bond donors (Lipinski definition) is 1. The van der Waals surface area contributed by atoms with Crippen molar-refractivity contribution in [3.05, 3.63) is 51.1 Å². The SMILES string of the molecule is CCCOc1c(I)cc(C(=O)Nc2cccc(C)c2)cc1OC. The number of methoxy groups -OCH3 is 1. The van der Waals surface area contributed by atoms with Gasteiger partial charge in [0.05, 0.1) is 17.3 Å². The summed E-state index contributed by atoms with van der Waals surface area (Å²) in [6.07, 6.45) is 0.912. The van der Waals surface area contributed by atoms with Crippen LogP contribution in [0, 0.1) is 10.5 Å². The van der Waals surface area contributed by atoms with Crippen molar-refractivity contribution < 1.29 is 14.3 Å². The molecule has 122 valence electrons. The van der Waals surface area contributed by atoms with Gasteiger partial charge in [-0.3, -0.25) is 4.79 Å². The predicted molar refractivity (Wildman–Crippen MR) is 101 cm³/mol. The second-order valence-corrected chi connectivity index (χ2v) is 6.32. The first-order chi connectivity index (χ1) is 11.0. The topological polar surface area (TPSA) is 47.6 Å². The van der Waals surface area contributed by atoms with Crippen molar-refractivity contribution in [1.29, 1.82) is 0 Å². The number of ether oxygens (including phenoxy) is 2. The van der Waals surface area contributed by atoms with E-state index < -0.39 is 0 Å². The Balaban J connectivity index is 2.25. The van der Waals surface area contributed by atoms with E-state index in [2.05, 4.69) is 27.9 Å². The van der Waals surface area contributed by atoms with Crippen LogP contribution >= 0.6 is 22.6 Å². The highest BCUT2D eigenvalue weighted by molar-refractivity contribution is 14.1. The van der Waals surface area contributed by atoms with Crippen LogP contribution in [0.2, 0.25) is 0 Å². The molecule has 2 aromatic rings. The van der Waals surface area contributed by atoms with Gasteiger partial charge in [-0.2, -0.15) is 0 Å². The summed E-state index contributed by atoms with van der Waals surface area (Å²) in [7, 11) is 1.58. The number of anilines is 1. The van der Waals surface area contributed by atoms with Gasteiger partial charge in [-0.15, -0.1) is 0 Å². The lowest BCUT2D eigenvalue weighted by Crippen LogP contribution is -2.13. The van der Waals surface area contributed by atoms with Crippen LogP contribution in [0.3, 0.4) is 0 Å². The van der Waals surface area contributed by atoms with Crippen LogP contribution in [0.4, 0.5) is 5.69 Å². The molecule has 0 aliphatic rings. The van der Waals surface area contributed by atoms with E-state index in [0.717, 1.165) is 21.2 Å². The van der Waals surface area contributed by atoms with E-state index in [1.807, 2.05) is 38.1 Å². The molecule has 1 amide bonds. The fourth-order valence-electron chi connectivity index (χ4n) is 2.12. The molecule has 0 saturated carbocycles. The standard InChI is InChI=1S/C18H20INO3/c1-4-8-23-17-15(19)10-13(11-16(17)22-3)18(21)20-14-7-5-6-12(2)9-14/h5-7,9-11H,4,8H2,1-3H3,(H,20,21). The molecule has 0 aromatic heterocycles. The Morgan fingerprint density at radius 3 is 2.70 bits per heavy atom. The first-order valence-electron chi connectivity index (χ1n) is 7.43. The van der Waals surface area contributed by atoms with Gasteiger partial charge in [-0.25, -0.2) is 0 Å². The fraction of sp³-hybridized carbons (Fsp3) is 0.278. The summed E-state index contributed by atoms with van der Waals surface area (Å²) < 4.78 is 11.9. The molecule has 0 heterocycles. The summed E-state index contributed by atoms with van der Waals surface area (Å²) in [6, 6.07) is 11.2. The van der Waals surface area contributed by atoms with Crippen LogP contribution < -0.4 is 14.8 Å². The lowest BCUT2D eigenvalue weighted by Gasteiger charge is -2.14. The minimum absolute atomic E-state index is 0.172. The van der Waals surface area contributed by atoms with Gasteiger partial charge in [-0.05, 0) is 65.8 Å². The molecule has 0 aliphatic heterocycles. The summed E-state index contributed by atoms with van der Waals surface area (Å²) in [6.45, 7) is 4.64. The Bertz CT molecular complexity index is 701. The number of amides is 1. The van der Waals surface area contributed by atoms with E-state index in [1.165, 1.54) is 0 Å². The van der Waals surface area contributed by atoms with E-state index in [9.17, 15) is 4.79 Å². The zero-order chi connectivity index (χ0) is 16.8. The van der Waals surface area contributed by atoms with Crippen LogP contribution in [0.1, 0.15) is 29.3 Å². The normalized spacial score (nSPS) is 10.3. The van der Waals surface area contributed by atoms with Crippen LogP contribution in [-0.4, -0.2) is 19.6 Å². The Morgan fingerprint density at radius 2 is 2.04 bits per heavy atom. The van der Waals surface area contributed by atoms with Gasteiger partial charge in [0.2, 0.25) is 0 Å². The number of hydrogen-bond acceptors (Lipinski definition) is 3. The minimum Gasteiger partial charge on any atom is -0.493 e. The molecule has 5 heteroatoms. The molecule has 0 aliphatic carbocycles. The number of benzene rings is 2. The Labute approximate surface area is 150 Å². The van der Waals surface area contributed by atoms with Gasteiger partial charge in [0.15, 0.2) is 11.5 Å². The maximum atomic E-state index is 12.5. The van der Waals surface area contributed by atoms with Gasteiger partial charge in [0.1, 0.15) is 0 Å². The first kappa shape index (κ1) is 17.6. The summed E-state index contributed by atoms with van der Waals surface area (Å²) in [5.74, 6) is 1.08. The second-order valence-electron chi connectivity index (χ2n) is 5.16. The van der Waals surface area contributed by atoms with E-state index in [0.29, 0.717) is 23.7 Å². The number of carbonyl (C=O) groups excluding carboxylic acids is 1. The number of nitrogens with one attached hydrogen (secondary N) is 1. The third-order valence-corrected chi connectivity index (χ3v) is 4.02. The quantitative estimate of drug-likeness (QED) is 0.686. The third kappa shape index (κ3) is 4.60. The average molecular weight is 425 g/mol. The maximum absolute atomic E-state index is 12.5. The third-order valence-electron chi connectivity index (χ3n) is 3.22. The molecule has 0 spiro atoms. The molecule has 1 N–H and O–H groups in total. The largest absolute Gasteiger partial charge is 0.493 e. The average Bonchev–Trinajstić information content (AvgIpc) is 2.53. The lowest BCUT2D eigenvalue weighted by molar-refractivity contribution is 0.102. The molecule has 2 rings (SSSR count). The fourth-order valence-corrected chi connectivity index (χ4v) is 2.88. The van der Waals surface area contributed by atoms with Crippen molar-refractivity contribution in [2.45, 2.75) is 20.3 Å². The van der Waals surface area contributed by atoms with Gasteiger partial charge in [0.25, 0.3) is 5.91 Å². The van der Waals surface area contributed by atoms with Crippen LogP contribution in [0.25, 0.3) is 0 Å². The van der Waals surface area contributed by atoms with Crippen molar-refractivity contribution in [1.82, 2.24) is 0 Å². The Hall–Kier alpha value is -1.76. The number of aryl methyl sites for hydroxylation is 1. The summed E-state index contributed by atoms with van der Waals surface area (Å²) >= 11 is 2.16. The monoisotopic (exact) mass is 425 g/mol. The molecule has 0 unspecified atom stereocenters. The number of rotatable bonds is 6. The van der Waals surface area contributed by atoms with E-state index >= 15 is 0 Å². The van der Waals surface area contributed by atoms with Crippen molar-refractivity contribution >= 4 is 34.2 Å². The summed E-state index contributed by atoms with van der Waals surface area (Å²) in [4.78, 5) is 12.5. The zero-order valence-electron chi connectivity index (χ0n) is 13.5. The highest BCUT2D eigenvalue weighted by Crippen LogP contribution is 2.34. The van der Waals surface area contributed by atoms with Crippen LogP contribution in [-0.2, 0) is 0 Å². The van der Waals surface area contributed by atoms with Crippen molar-refractivity contribution in [3.63, 3.8) is 0 Å². The van der Waals surface area contributed by atoms with Crippen molar-refractivity contribution in [2.75, 3.05) is 19.0 Å². The molecule has 23 heavy (non-hydrogen) atoms. The van der Waals surface area contributed by atoms with Gasteiger partial charge in [-0.1, -0.05) is 19.1 Å². The summed E-state index contributed by atoms with van der Waals surface area (Å²) in [5.41, 5.74) is 2.41. The first-order valence-corrected chi connectivity index (χ1v) is 8.51. The van der Waals surface area contributed by atoms with Gasteiger partial charge in [0, 0.05) is 11.3 Å². The molecule has 0 radical (unpaired) electrons. The molecular weight excluding hydrogens is 405 g/mol. The molecular formula is C18H20INO3. The number of halogens is 1. The Morgan fingerprint density at radius 1 is 1.26 bits per heavy atom.